The molecule has 0 aromatic heterocycles. The Morgan fingerprint density at radius 3 is 2.32 bits per heavy atom. The molecule has 0 aliphatic heterocycles. The van der Waals surface area contributed by atoms with E-state index in [1.807, 2.05) is 48.5 Å². The summed E-state index contributed by atoms with van der Waals surface area (Å²) in [6, 6.07) is 17.5. The Morgan fingerprint density at radius 2 is 1.68 bits per heavy atom. The molecule has 0 spiro atoms. The van der Waals surface area contributed by atoms with Crippen LogP contribution in [0.3, 0.4) is 0 Å². The normalized spacial score (nSPS) is 11.4. The maximum atomic E-state index is 12.4. The Kier molecular flexibility index (Phi) is 7.09. The molecule has 2 aromatic rings. The number of likely N-dealkylation sites (N-methyl/N-ethyl adjacent to an activating group) is 1. The molecule has 1 unspecified atom stereocenters. The van der Waals surface area contributed by atoms with Crippen molar-refractivity contribution in [1.29, 1.82) is 0 Å². The Balaban J connectivity index is 0.00000242. The zero-order valence-corrected chi connectivity index (χ0v) is 13.8. The lowest BCUT2D eigenvalue weighted by Gasteiger charge is -2.22. The van der Waals surface area contributed by atoms with Crippen molar-refractivity contribution < 1.29 is 4.79 Å². The van der Waals surface area contributed by atoms with E-state index in [2.05, 4.69) is 13.0 Å². The van der Waals surface area contributed by atoms with E-state index >= 15 is 0 Å². The van der Waals surface area contributed by atoms with Gasteiger partial charge in [0.2, 0.25) is 5.91 Å². The van der Waals surface area contributed by atoms with Crippen molar-refractivity contribution in [3.8, 4) is 0 Å². The zero-order valence-electron chi connectivity index (χ0n) is 13.0. The van der Waals surface area contributed by atoms with Gasteiger partial charge in [-0.2, -0.15) is 0 Å². The van der Waals surface area contributed by atoms with Gasteiger partial charge in [-0.3, -0.25) is 4.79 Å². The largest absolute Gasteiger partial charge is 0.340 e. The van der Waals surface area contributed by atoms with E-state index in [4.69, 9.17) is 5.73 Å². The molecule has 4 heteroatoms. The molecule has 0 radical (unpaired) electrons. The number of hydrogen-bond acceptors (Lipinski definition) is 2. The van der Waals surface area contributed by atoms with E-state index in [-0.39, 0.29) is 18.3 Å². The second-order valence-electron chi connectivity index (χ2n) is 5.42. The maximum absolute atomic E-state index is 12.4. The molecule has 1 atom stereocenters. The molecule has 0 saturated heterocycles. The molecule has 2 aromatic carbocycles. The van der Waals surface area contributed by atoms with E-state index in [0.717, 1.165) is 11.1 Å². The topological polar surface area (TPSA) is 46.3 Å². The third kappa shape index (κ3) is 4.86. The van der Waals surface area contributed by atoms with Gasteiger partial charge in [-0.25, -0.2) is 0 Å². The number of halogens is 1. The standard InChI is InChI=1S/C18H22N2O.ClH/c1-14-8-6-7-11-16(14)13-20(2)18(21)17(19)12-15-9-4-3-5-10-15;/h3-11,17H,12-13,19H2,1-2H3;1H. The molecule has 2 rings (SSSR count). The number of aryl methyl sites for hydroxylation is 1. The van der Waals surface area contributed by atoms with Crippen LogP contribution in [-0.4, -0.2) is 23.9 Å². The van der Waals surface area contributed by atoms with Gasteiger partial charge >= 0.3 is 0 Å². The minimum atomic E-state index is -0.499. The quantitative estimate of drug-likeness (QED) is 0.921. The molecule has 1 amide bonds. The molecule has 0 saturated carbocycles. The third-order valence-corrected chi connectivity index (χ3v) is 3.66. The van der Waals surface area contributed by atoms with Crippen LogP contribution < -0.4 is 5.73 Å². The summed E-state index contributed by atoms with van der Waals surface area (Å²) in [5, 5.41) is 0. The smallest absolute Gasteiger partial charge is 0.239 e. The fourth-order valence-corrected chi connectivity index (χ4v) is 2.36. The highest BCUT2D eigenvalue weighted by Gasteiger charge is 2.18. The van der Waals surface area contributed by atoms with E-state index in [1.54, 1.807) is 11.9 Å². The van der Waals surface area contributed by atoms with Gasteiger partial charge in [0, 0.05) is 13.6 Å². The lowest BCUT2D eigenvalue weighted by atomic mass is 10.0. The second kappa shape index (κ2) is 8.57. The van der Waals surface area contributed by atoms with Crippen LogP contribution >= 0.6 is 12.4 Å². The van der Waals surface area contributed by atoms with Gasteiger partial charge in [0.05, 0.1) is 6.04 Å². The van der Waals surface area contributed by atoms with Gasteiger partial charge in [0.1, 0.15) is 0 Å². The van der Waals surface area contributed by atoms with Crippen LogP contribution in [0.4, 0.5) is 0 Å². The van der Waals surface area contributed by atoms with Gasteiger partial charge in [0.25, 0.3) is 0 Å². The molecule has 118 valence electrons. The third-order valence-electron chi connectivity index (χ3n) is 3.66. The van der Waals surface area contributed by atoms with Gasteiger partial charge in [-0.15, -0.1) is 12.4 Å². The van der Waals surface area contributed by atoms with Crippen molar-refractivity contribution in [3.63, 3.8) is 0 Å². The highest BCUT2D eigenvalue weighted by atomic mass is 35.5. The molecule has 22 heavy (non-hydrogen) atoms. The Labute approximate surface area is 138 Å². The van der Waals surface area contributed by atoms with Crippen LogP contribution in [-0.2, 0) is 17.8 Å². The van der Waals surface area contributed by atoms with Crippen LogP contribution in [0.1, 0.15) is 16.7 Å². The van der Waals surface area contributed by atoms with E-state index in [0.29, 0.717) is 13.0 Å². The first-order valence-corrected chi connectivity index (χ1v) is 7.17. The number of rotatable bonds is 5. The number of hydrogen-bond donors (Lipinski definition) is 1. The Hall–Kier alpha value is -1.84. The van der Waals surface area contributed by atoms with Crippen LogP contribution in [0.2, 0.25) is 0 Å². The summed E-state index contributed by atoms with van der Waals surface area (Å²) in [5.41, 5.74) is 9.48. The minimum absolute atomic E-state index is 0. The number of carbonyl (C=O) groups is 1. The summed E-state index contributed by atoms with van der Waals surface area (Å²) in [6.45, 7) is 2.64. The molecule has 0 fully saturated rings. The van der Waals surface area contributed by atoms with Gasteiger partial charge in [-0.05, 0) is 30.0 Å². The highest BCUT2D eigenvalue weighted by Crippen LogP contribution is 2.11. The monoisotopic (exact) mass is 318 g/mol. The van der Waals surface area contributed by atoms with Crippen molar-refractivity contribution in [3.05, 3.63) is 71.3 Å². The molecular formula is C18H23ClN2O. The predicted molar refractivity (Wildman–Crippen MR) is 93.0 cm³/mol. The lowest BCUT2D eigenvalue weighted by molar-refractivity contribution is -0.131. The first kappa shape index (κ1) is 18.2. The summed E-state index contributed by atoms with van der Waals surface area (Å²) in [7, 11) is 1.81. The average Bonchev–Trinajstić information content (AvgIpc) is 2.49. The number of carbonyl (C=O) groups excluding carboxylic acids is 1. The second-order valence-corrected chi connectivity index (χ2v) is 5.42. The SMILES string of the molecule is Cc1ccccc1CN(C)C(=O)C(N)Cc1ccccc1.Cl. The van der Waals surface area contributed by atoms with Crippen molar-refractivity contribution in [1.82, 2.24) is 4.90 Å². The van der Waals surface area contributed by atoms with Crippen molar-refractivity contribution in [2.45, 2.75) is 25.9 Å². The van der Waals surface area contributed by atoms with E-state index < -0.39 is 6.04 Å². The summed E-state index contributed by atoms with van der Waals surface area (Å²) in [5.74, 6) is -0.0258. The zero-order chi connectivity index (χ0) is 15.2. The number of benzene rings is 2. The van der Waals surface area contributed by atoms with Gasteiger partial charge in [0.15, 0.2) is 0 Å². The lowest BCUT2D eigenvalue weighted by Crippen LogP contribution is -2.42. The van der Waals surface area contributed by atoms with Crippen molar-refractivity contribution in [2.75, 3.05) is 7.05 Å². The van der Waals surface area contributed by atoms with E-state index in [1.165, 1.54) is 5.56 Å². The molecule has 0 aliphatic carbocycles. The van der Waals surface area contributed by atoms with Crippen LogP contribution in [0, 0.1) is 6.92 Å². The fourth-order valence-electron chi connectivity index (χ4n) is 2.36. The predicted octanol–water partition coefficient (Wildman–Crippen LogP) is 2.95. The maximum Gasteiger partial charge on any atom is 0.239 e. The average molecular weight is 319 g/mol. The van der Waals surface area contributed by atoms with Crippen LogP contribution in [0.25, 0.3) is 0 Å². The first-order chi connectivity index (χ1) is 10.1. The molecule has 2 N–H and O–H groups in total. The Bertz CT molecular complexity index is 601. The minimum Gasteiger partial charge on any atom is -0.340 e. The summed E-state index contributed by atoms with van der Waals surface area (Å²) in [6.07, 6.45) is 0.567. The molecular weight excluding hydrogens is 296 g/mol. The van der Waals surface area contributed by atoms with Crippen molar-refractivity contribution >= 4 is 18.3 Å². The van der Waals surface area contributed by atoms with Crippen LogP contribution in [0.5, 0.6) is 0 Å². The van der Waals surface area contributed by atoms with Crippen molar-refractivity contribution in [2.24, 2.45) is 5.73 Å². The first-order valence-electron chi connectivity index (χ1n) is 7.17. The van der Waals surface area contributed by atoms with Gasteiger partial charge in [-0.1, -0.05) is 54.6 Å². The summed E-state index contributed by atoms with van der Waals surface area (Å²) >= 11 is 0. The summed E-state index contributed by atoms with van der Waals surface area (Å²) < 4.78 is 0. The molecule has 0 bridgehead atoms. The number of nitrogens with two attached hydrogens (primary N) is 1. The molecule has 3 nitrogen and oxygen atoms in total. The van der Waals surface area contributed by atoms with Crippen LogP contribution in [0.15, 0.2) is 54.6 Å². The van der Waals surface area contributed by atoms with E-state index in [9.17, 15) is 4.79 Å². The fraction of sp³-hybridized carbons (Fsp3) is 0.278. The number of amides is 1. The molecule has 0 heterocycles. The highest BCUT2D eigenvalue weighted by molar-refractivity contribution is 5.85. The summed E-state index contributed by atoms with van der Waals surface area (Å²) in [4.78, 5) is 14.1. The number of nitrogens with zero attached hydrogens (tertiary/aromatic N) is 1. The Morgan fingerprint density at radius 1 is 1.09 bits per heavy atom. The molecule has 0 aliphatic rings. The van der Waals surface area contributed by atoms with Gasteiger partial charge < -0.3 is 10.6 Å².